The number of rotatable bonds is 3. The van der Waals surface area contributed by atoms with Gasteiger partial charge in [0, 0.05) is 19.6 Å². The van der Waals surface area contributed by atoms with E-state index in [1.54, 1.807) is 0 Å². The Labute approximate surface area is 115 Å². The van der Waals surface area contributed by atoms with Crippen LogP contribution >= 0.6 is 0 Å². The molecule has 1 atom stereocenters. The molecule has 2 heterocycles. The van der Waals surface area contributed by atoms with E-state index < -0.39 is 0 Å². The lowest BCUT2D eigenvalue weighted by molar-refractivity contribution is 0.00783. The molecule has 0 aliphatic carbocycles. The number of piperidine rings is 1. The summed E-state index contributed by atoms with van der Waals surface area (Å²) in [6, 6.07) is 6.54. The minimum atomic E-state index is -0.0332. The first-order chi connectivity index (χ1) is 9.18. The van der Waals surface area contributed by atoms with Crippen LogP contribution in [0.15, 0.2) is 18.2 Å². The van der Waals surface area contributed by atoms with Gasteiger partial charge in [-0.3, -0.25) is 4.90 Å². The summed E-state index contributed by atoms with van der Waals surface area (Å²) in [6.45, 7) is 9.82. The van der Waals surface area contributed by atoms with E-state index in [0.29, 0.717) is 0 Å². The maximum Gasteiger partial charge on any atom is 0.120 e. The highest BCUT2D eigenvalue weighted by Crippen LogP contribution is 2.29. The summed E-state index contributed by atoms with van der Waals surface area (Å²) in [6.07, 6.45) is 2.38. The molecular formula is C16H24N2O. The van der Waals surface area contributed by atoms with E-state index in [4.69, 9.17) is 4.74 Å². The van der Waals surface area contributed by atoms with Crippen molar-refractivity contribution in [3.05, 3.63) is 29.3 Å². The number of nitrogens with one attached hydrogen (secondary N) is 1. The van der Waals surface area contributed by atoms with E-state index >= 15 is 0 Å². The van der Waals surface area contributed by atoms with E-state index in [0.717, 1.165) is 38.3 Å². The Balaban J connectivity index is 1.73. The lowest BCUT2D eigenvalue weighted by Gasteiger charge is -2.40. The van der Waals surface area contributed by atoms with Gasteiger partial charge in [0.15, 0.2) is 0 Å². The summed E-state index contributed by atoms with van der Waals surface area (Å²) in [5, 5.41) is 3.38. The molecule has 3 rings (SSSR count). The molecule has 1 saturated heterocycles. The molecule has 0 saturated carbocycles. The lowest BCUT2D eigenvalue weighted by Crippen LogP contribution is -2.49. The number of nitrogens with zero attached hydrogens (tertiary/aromatic N) is 1. The number of fused-ring (bicyclic) bond motifs is 1. The average molecular weight is 260 g/mol. The van der Waals surface area contributed by atoms with Crippen molar-refractivity contribution in [2.75, 3.05) is 19.6 Å². The van der Waals surface area contributed by atoms with Gasteiger partial charge in [0.1, 0.15) is 11.4 Å². The van der Waals surface area contributed by atoms with Crippen molar-refractivity contribution in [1.29, 1.82) is 0 Å². The number of likely N-dealkylation sites (tertiary alicyclic amines) is 1. The highest BCUT2D eigenvalue weighted by molar-refractivity contribution is 5.38. The fraction of sp³-hybridized carbons (Fsp3) is 0.625. The summed E-state index contributed by atoms with van der Waals surface area (Å²) in [5.74, 6) is 1.03. The Morgan fingerprint density at radius 1 is 1.32 bits per heavy atom. The van der Waals surface area contributed by atoms with Gasteiger partial charge in [-0.15, -0.1) is 0 Å². The summed E-state index contributed by atoms with van der Waals surface area (Å²) < 4.78 is 6.33. The van der Waals surface area contributed by atoms with Gasteiger partial charge in [-0.05, 0) is 56.1 Å². The van der Waals surface area contributed by atoms with E-state index in [1.807, 2.05) is 0 Å². The van der Waals surface area contributed by atoms with Crippen molar-refractivity contribution in [1.82, 2.24) is 10.2 Å². The number of benzene rings is 1. The Morgan fingerprint density at radius 2 is 2.16 bits per heavy atom. The second kappa shape index (κ2) is 5.14. The van der Waals surface area contributed by atoms with Gasteiger partial charge < -0.3 is 10.1 Å². The predicted molar refractivity (Wildman–Crippen MR) is 77.4 cm³/mol. The van der Waals surface area contributed by atoms with Crippen LogP contribution in [0.25, 0.3) is 0 Å². The first-order valence-electron chi connectivity index (χ1n) is 7.42. The van der Waals surface area contributed by atoms with Crippen LogP contribution in [-0.2, 0) is 13.1 Å². The molecule has 1 aromatic carbocycles. The molecule has 1 fully saturated rings. The summed E-state index contributed by atoms with van der Waals surface area (Å²) in [7, 11) is 0. The predicted octanol–water partition coefficient (Wildman–Crippen LogP) is 2.54. The first kappa shape index (κ1) is 12.9. The average Bonchev–Trinajstić information content (AvgIpc) is 2.85. The molecule has 1 N–H and O–H groups in total. The third kappa shape index (κ3) is 2.77. The van der Waals surface area contributed by atoms with E-state index in [9.17, 15) is 0 Å². The summed E-state index contributed by atoms with van der Waals surface area (Å²) in [4.78, 5) is 2.48. The Bertz CT molecular complexity index is 460. The molecule has 19 heavy (non-hydrogen) atoms. The molecular weight excluding hydrogens is 236 g/mol. The molecule has 0 bridgehead atoms. The molecule has 1 aromatic rings. The van der Waals surface area contributed by atoms with Gasteiger partial charge in [0.05, 0.1) is 0 Å². The molecule has 0 amide bonds. The Kier molecular flexibility index (Phi) is 3.50. The van der Waals surface area contributed by atoms with Gasteiger partial charge in [0.25, 0.3) is 0 Å². The molecule has 3 nitrogen and oxygen atoms in total. The highest BCUT2D eigenvalue weighted by atomic mass is 16.5. The molecule has 3 heteroatoms. The normalized spacial score (nSPS) is 27.3. The molecule has 0 aromatic heterocycles. The van der Waals surface area contributed by atoms with Crippen molar-refractivity contribution < 1.29 is 4.74 Å². The lowest BCUT2D eigenvalue weighted by atomic mass is 9.94. The van der Waals surface area contributed by atoms with Crippen LogP contribution in [-0.4, -0.2) is 30.1 Å². The maximum atomic E-state index is 6.33. The number of ether oxygens (including phenoxy) is 1. The van der Waals surface area contributed by atoms with Gasteiger partial charge in [0.2, 0.25) is 0 Å². The van der Waals surface area contributed by atoms with Gasteiger partial charge in [-0.2, -0.15) is 0 Å². The topological polar surface area (TPSA) is 24.5 Å². The van der Waals surface area contributed by atoms with Crippen molar-refractivity contribution >= 4 is 0 Å². The van der Waals surface area contributed by atoms with Crippen LogP contribution in [0.5, 0.6) is 5.75 Å². The van der Waals surface area contributed by atoms with Crippen LogP contribution in [0.4, 0.5) is 0 Å². The Morgan fingerprint density at radius 3 is 3.00 bits per heavy atom. The van der Waals surface area contributed by atoms with Crippen molar-refractivity contribution in [3.8, 4) is 5.75 Å². The monoisotopic (exact) mass is 260 g/mol. The van der Waals surface area contributed by atoms with Crippen molar-refractivity contribution in [3.63, 3.8) is 0 Å². The zero-order valence-corrected chi connectivity index (χ0v) is 12.0. The minimum absolute atomic E-state index is 0.0332. The molecule has 1 unspecified atom stereocenters. The molecule has 2 aliphatic heterocycles. The molecule has 0 radical (unpaired) electrons. The molecule has 104 valence electrons. The zero-order valence-electron chi connectivity index (χ0n) is 12.0. The summed E-state index contributed by atoms with van der Waals surface area (Å²) in [5.41, 5.74) is 2.77. The zero-order chi connectivity index (χ0) is 13.3. The SMILES string of the molecule is CCN1CCCC(C)(Oc2ccc3c(c2)CNC3)C1. The summed E-state index contributed by atoms with van der Waals surface area (Å²) >= 11 is 0. The van der Waals surface area contributed by atoms with Crippen LogP contribution < -0.4 is 10.1 Å². The fourth-order valence-electron chi connectivity index (χ4n) is 3.28. The standard InChI is InChI=1S/C16H24N2O/c1-3-18-8-4-7-16(2,12-18)19-15-6-5-13-10-17-11-14(13)9-15/h5-6,9,17H,3-4,7-8,10-12H2,1-2H3. The van der Waals surface area contributed by atoms with Gasteiger partial charge in [-0.25, -0.2) is 0 Å². The van der Waals surface area contributed by atoms with Crippen molar-refractivity contribution in [2.24, 2.45) is 0 Å². The number of hydrogen-bond donors (Lipinski definition) is 1. The van der Waals surface area contributed by atoms with Gasteiger partial charge >= 0.3 is 0 Å². The number of likely N-dealkylation sites (N-methyl/N-ethyl adjacent to an activating group) is 1. The van der Waals surface area contributed by atoms with E-state index in [2.05, 4.69) is 42.3 Å². The maximum absolute atomic E-state index is 6.33. The highest BCUT2D eigenvalue weighted by Gasteiger charge is 2.32. The second-order valence-electron chi connectivity index (χ2n) is 6.06. The van der Waals surface area contributed by atoms with Crippen LogP contribution in [0.1, 0.15) is 37.8 Å². The largest absolute Gasteiger partial charge is 0.486 e. The molecule has 2 aliphatic rings. The van der Waals surface area contributed by atoms with E-state index in [-0.39, 0.29) is 5.60 Å². The van der Waals surface area contributed by atoms with Crippen LogP contribution in [0.2, 0.25) is 0 Å². The van der Waals surface area contributed by atoms with Crippen LogP contribution in [0.3, 0.4) is 0 Å². The third-order valence-corrected chi connectivity index (χ3v) is 4.36. The Hall–Kier alpha value is -1.06. The van der Waals surface area contributed by atoms with Gasteiger partial charge in [-0.1, -0.05) is 13.0 Å². The third-order valence-electron chi connectivity index (χ3n) is 4.36. The minimum Gasteiger partial charge on any atom is -0.486 e. The smallest absolute Gasteiger partial charge is 0.120 e. The second-order valence-corrected chi connectivity index (χ2v) is 6.06. The quantitative estimate of drug-likeness (QED) is 0.904. The van der Waals surface area contributed by atoms with Crippen molar-refractivity contribution in [2.45, 2.75) is 45.4 Å². The first-order valence-corrected chi connectivity index (χ1v) is 7.42. The fourth-order valence-corrected chi connectivity index (χ4v) is 3.28. The van der Waals surface area contributed by atoms with E-state index in [1.165, 1.54) is 24.1 Å². The number of hydrogen-bond acceptors (Lipinski definition) is 3. The van der Waals surface area contributed by atoms with Crippen LogP contribution in [0, 0.1) is 0 Å². The molecule has 0 spiro atoms.